The van der Waals surface area contributed by atoms with Gasteiger partial charge in [-0.05, 0) is 32.6 Å². The quantitative estimate of drug-likeness (QED) is 0.284. The van der Waals surface area contributed by atoms with Gasteiger partial charge in [-0.3, -0.25) is 19.8 Å². The molecule has 166 valence electrons. The summed E-state index contributed by atoms with van der Waals surface area (Å²) in [5.41, 5.74) is 8.38. The molecule has 0 aromatic heterocycles. The van der Waals surface area contributed by atoms with Crippen molar-refractivity contribution >= 4 is 17.3 Å². The van der Waals surface area contributed by atoms with Crippen LogP contribution in [-0.2, 0) is 0 Å². The van der Waals surface area contributed by atoms with E-state index in [9.17, 15) is 14.9 Å². The summed E-state index contributed by atoms with van der Waals surface area (Å²) >= 11 is 0. The molecule has 0 spiro atoms. The normalized spacial score (nSPS) is 17.5. The fourth-order valence-electron chi connectivity index (χ4n) is 3.88. The van der Waals surface area contributed by atoms with Crippen molar-refractivity contribution in [3.8, 4) is 5.75 Å². The predicted molar refractivity (Wildman–Crippen MR) is 121 cm³/mol. The number of ether oxygens (including phenoxy) is 1. The molecular formula is C23H30N4O4. The number of nitrogens with two attached hydrogens (primary N) is 1. The molecule has 8 heteroatoms. The molecule has 0 saturated carbocycles. The van der Waals surface area contributed by atoms with Gasteiger partial charge in [0.05, 0.1) is 10.5 Å². The third-order valence-electron chi connectivity index (χ3n) is 5.70. The topological polar surface area (TPSA) is 111 Å². The highest BCUT2D eigenvalue weighted by molar-refractivity contribution is 5.98. The average molecular weight is 427 g/mol. The summed E-state index contributed by atoms with van der Waals surface area (Å²) in [5.74, 6) is -0.179. The molecule has 1 amide bonds. The maximum atomic E-state index is 12.9. The monoisotopic (exact) mass is 426 g/mol. The molecule has 0 atom stereocenters. The number of allylic oxidation sites excluding steroid dienone is 3. The molecule has 1 heterocycles. The van der Waals surface area contributed by atoms with E-state index < -0.39 is 10.8 Å². The largest absolute Gasteiger partial charge is 0.489 e. The first-order valence-corrected chi connectivity index (χ1v) is 10.6. The number of amides is 1. The molecule has 2 aliphatic rings. The molecule has 31 heavy (non-hydrogen) atoms. The highest BCUT2D eigenvalue weighted by Crippen LogP contribution is 2.31. The maximum Gasteiger partial charge on any atom is 0.293 e. The van der Waals surface area contributed by atoms with Gasteiger partial charge in [-0.15, -0.1) is 0 Å². The Hall–Kier alpha value is -3.13. The van der Waals surface area contributed by atoms with Crippen molar-refractivity contribution in [2.75, 3.05) is 32.0 Å². The van der Waals surface area contributed by atoms with Crippen molar-refractivity contribution in [1.82, 2.24) is 10.2 Å². The van der Waals surface area contributed by atoms with Crippen molar-refractivity contribution in [2.45, 2.75) is 38.6 Å². The Bertz CT molecular complexity index is 914. The zero-order valence-corrected chi connectivity index (χ0v) is 17.9. The van der Waals surface area contributed by atoms with Gasteiger partial charge in [0.2, 0.25) is 0 Å². The third kappa shape index (κ3) is 5.95. The minimum Gasteiger partial charge on any atom is -0.489 e. The number of hydrogen-bond acceptors (Lipinski definition) is 6. The Morgan fingerprint density at radius 3 is 2.71 bits per heavy atom. The fourth-order valence-corrected chi connectivity index (χ4v) is 3.88. The first kappa shape index (κ1) is 22.6. The summed E-state index contributed by atoms with van der Waals surface area (Å²) in [7, 11) is 0. The summed E-state index contributed by atoms with van der Waals surface area (Å²) in [6.45, 7) is 8.67. The van der Waals surface area contributed by atoms with E-state index in [0.29, 0.717) is 0 Å². The molecule has 1 fully saturated rings. The molecule has 1 saturated heterocycles. The van der Waals surface area contributed by atoms with E-state index >= 15 is 0 Å². The lowest BCUT2D eigenvalue weighted by Gasteiger charge is -2.33. The standard InChI is InChI=1S/C23H30N4O4/c1-3-12-31-22-14-20(24)21(27(29)30)13-19(22)23(28)25-18-8-10-26(11-9-18)15-17-6-4-16(2)5-7-17/h3-4,7,13-14,18H,1,5-6,8-12,15,24H2,2H3,(H,25,28). The Labute approximate surface area is 182 Å². The van der Waals surface area contributed by atoms with Crippen LogP contribution in [-0.4, -0.2) is 48.0 Å². The molecular weight excluding hydrogens is 396 g/mol. The first-order valence-electron chi connectivity index (χ1n) is 10.6. The number of nitrogen functional groups attached to an aromatic ring is 1. The van der Waals surface area contributed by atoms with Gasteiger partial charge in [0, 0.05) is 37.8 Å². The molecule has 1 aliphatic carbocycles. The Balaban J connectivity index is 1.60. The third-order valence-corrected chi connectivity index (χ3v) is 5.70. The van der Waals surface area contributed by atoms with Crippen LogP contribution in [0.4, 0.5) is 11.4 Å². The van der Waals surface area contributed by atoms with Crippen molar-refractivity contribution < 1.29 is 14.5 Å². The average Bonchev–Trinajstić information content (AvgIpc) is 2.75. The second kappa shape index (κ2) is 10.3. The van der Waals surface area contributed by atoms with E-state index in [1.54, 1.807) is 0 Å². The van der Waals surface area contributed by atoms with E-state index in [-0.39, 0.29) is 35.3 Å². The number of nitro groups is 1. The second-order valence-electron chi connectivity index (χ2n) is 8.11. The number of nitro benzene ring substituents is 1. The number of carbonyl (C=O) groups is 1. The molecule has 1 aromatic rings. The lowest BCUT2D eigenvalue weighted by molar-refractivity contribution is -0.383. The molecule has 1 aliphatic heterocycles. The lowest BCUT2D eigenvalue weighted by Crippen LogP contribution is -2.45. The smallest absolute Gasteiger partial charge is 0.293 e. The van der Waals surface area contributed by atoms with Gasteiger partial charge in [-0.1, -0.05) is 36.0 Å². The van der Waals surface area contributed by atoms with E-state index in [2.05, 4.69) is 35.9 Å². The molecule has 8 nitrogen and oxygen atoms in total. The highest BCUT2D eigenvalue weighted by atomic mass is 16.6. The van der Waals surface area contributed by atoms with E-state index in [1.165, 1.54) is 29.4 Å². The number of rotatable bonds is 8. The molecule has 0 unspecified atom stereocenters. The van der Waals surface area contributed by atoms with Crippen LogP contribution in [0.25, 0.3) is 0 Å². The number of likely N-dealkylation sites (tertiary alicyclic amines) is 1. The van der Waals surface area contributed by atoms with E-state index in [0.717, 1.165) is 45.3 Å². The highest BCUT2D eigenvalue weighted by Gasteiger charge is 2.25. The van der Waals surface area contributed by atoms with Crippen LogP contribution < -0.4 is 15.8 Å². The molecule has 1 aromatic carbocycles. The van der Waals surface area contributed by atoms with E-state index in [1.807, 2.05) is 0 Å². The van der Waals surface area contributed by atoms with Gasteiger partial charge in [0.25, 0.3) is 11.6 Å². The van der Waals surface area contributed by atoms with Crippen molar-refractivity contribution in [1.29, 1.82) is 0 Å². The van der Waals surface area contributed by atoms with Crippen molar-refractivity contribution in [3.63, 3.8) is 0 Å². The predicted octanol–water partition coefficient (Wildman–Crippen LogP) is 3.60. The van der Waals surface area contributed by atoms with Gasteiger partial charge in [-0.25, -0.2) is 0 Å². The van der Waals surface area contributed by atoms with Crippen LogP contribution in [0.3, 0.4) is 0 Å². The minimum absolute atomic E-state index is 0.00934. The van der Waals surface area contributed by atoms with Crippen LogP contribution in [0.1, 0.15) is 43.0 Å². The van der Waals surface area contributed by atoms with Crippen LogP contribution in [0, 0.1) is 10.1 Å². The minimum atomic E-state index is -0.599. The zero-order chi connectivity index (χ0) is 22.4. The number of carbonyl (C=O) groups excluding carboxylic acids is 1. The van der Waals surface area contributed by atoms with Crippen LogP contribution in [0.5, 0.6) is 5.75 Å². The van der Waals surface area contributed by atoms with Crippen molar-refractivity contribution in [3.05, 3.63) is 63.8 Å². The summed E-state index contributed by atoms with van der Waals surface area (Å²) in [4.78, 5) is 26.0. The Morgan fingerprint density at radius 2 is 2.10 bits per heavy atom. The first-order chi connectivity index (χ1) is 14.9. The van der Waals surface area contributed by atoms with Crippen LogP contribution in [0.15, 0.2) is 48.1 Å². The lowest BCUT2D eigenvalue weighted by atomic mass is 9.98. The SMILES string of the molecule is C=CCOc1cc(N)c([N+](=O)[O-])cc1C(=O)NC1CCN(CC2=CCC(C)=CC2)CC1. The number of anilines is 1. The van der Waals surface area contributed by atoms with Gasteiger partial charge in [0.1, 0.15) is 18.0 Å². The molecule has 0 bridgehead atoms. The van der Waals surface area contributed by atoms with Gasteiger partial charge >= 0.3 is 0 Å². The Kier molecular flexibility index (Phi) is 7.46. The van der Waals surface area contributed by atoms with Gasteiger partial charge in [0.15, 0.2) is 0 Å². The van der Waals surface area contributed by atoms with Crippen LogP contribution in [0.2, 0.25) is 0 Å². The molecule has 0 radical (unpaired) electrons. The molecule has 3 N–H and O–H groups in total. The van der Waals surface area contributed by atoms with Gasteiger partial charge in [-0.2, -0.15) is 0 Å². The van der Waals surface area contributed by atoms with Crippen LogP contribution >= 0.6 is 0 Å². The number of nitrogens with one attached hydrogen (secondary N) is 1. The number of benzene rings is 1. The van der Waals surface area contributed by atoms with Gasteiger partial charge < -0.3 is 15.8 Å². The van der Waals surface area contributed by atoms with Crippen molar-refractivity contribution in [2.24, 2.45) is 0 Å². The number of nitrogens with zero attached hydrogens (tertiary/aromatic N) is 2. The summed E-state index contributed by atoms with van der Waals surface area (Å²) < 4.78 is 5.52. The summed E-state index contributed by atoms with van der Waals surface area (Å²) in [6, 6.07) is 2.52. The summed E-state index contributed by atoms with van der Waals surface area (Å²) in [6.07, 6.45) is 9.86. The maximum absolute atomic E-state index is 12.9. The molecule has 3 rings (SSSR count). The summed E-state index contributed by atoms with van der Waals surface area (Å²) in [5, 5.41) is 14.3. The Morgan fingerprint density at radius 1 is 1.35 bits per heavy atom. The second-order valence-corrected chi connectivity index (χ2v) is 8.11. The fraction of sp³-hybridized carbons (Fsp3) is 0.435. The van der Waals surface area contributed by atoms with E-state index in [4.69, 9.17) is 10.5 Å². The number of piperidine rings is 1. The zero-order valence-electron chi connectivity index (χ0n) is 17.9. The number of hydrogen-bond donors (Lipinski definition) is 2.